The highest BCUT2D eigenvalue weighted by molar-refractivity contribution is 5.94. The van der Waals surface area contributed by atoms with Crippen LogP contribution in [-0.2, 0) is 6.54 Å². The second kappa shape index (κ2) is 7.78. The third-order valence-corrected chi connectivity index (χ3v) is 4.53. The predicted octanol–water partition coefficient (Wildman–Crippen LogP) is 3.20. The summed E-state index contributed by atoms with van der Waals surface area (Å²) >= 11 is 0. The lowest BCUT2D eigenvalue weighted by Crippen LogP contribution is -2.35. The number of amides is 1. The van der Waals surface area contributed by atoms with Crippen LogP contribution in [0.25, 0.3) is 0 Å². The van der Waals surface area contributed by atoms with Gasteiger partial charge >= 0.3 is 0 Å². The molecule has 1 aliphatic rings. The normalized spacial score (nSPS) is 18.4. The van der Waals surface area contributed by atoms with E-state index >= 15 is 0 Å². The van der Waals surface area contributed by atoms with Crippen molar-refractivity contribution in [2.45, 2.75) is 45.2 Å². The van der Waals surface area contributed by atoms with Gasteiger partial charge in [0.1, 0.15) is 0 Å². The Kier molecular flexibility index (Phi) is 5.48. The van der Waals surface area contributed by atoms with E-state index in [-0.39, 0.29) is 11.9 Å². The zero-order valence-electron chi connectivity index (χ0n) is 15.2. The Bertz CT molecular complexity index is 726. The van der Waals surface area contributed by atoms with Gasteiger partial charge in [-0.25, -0.2) is 0 Å². The Labute approximate surface area is 148 Å². The van der Waals surface area contributed by atoms with Gasteiger partial charge in [0.25, 0.3) is 5.91 Å². The van der Waals surface area contributed by atoms with Crippen molar-refractivity contribution in [3.8, 4) is 0 Å². The smallest absolute Gasteiger partial charge is 0.254 e. The van der Waals surface area contributed by atoms with Crippen LogP contribution in [0.15, 0.2) is 28.8 Å². The fourth-order valence-electron chi connectivity index (χ4n) is 3.40. The third kappa shape index (κ3) is 4.25. The number of nitrogens with zero attached hydrogens (tertiary/aromatic N) is 4. The third-order valence-electron chi connectivity index (χ3n) is 4.53. The summed E-state index contributed by atoms with van der Waals surface area (Å²) in [6.45, 7) is 3.33. The first-order chi connectivity index (χ1) is 12.0. The second-order valence-electron chi connectivity index (χ2n) is 6.97. The van der Waals surface area contributed by atoms with Gasteiger partial charge in [0.15, 0.2) is 5.82 Å². The van der Waals surface area contributed by atoms with E-state index < -0.39 is 0 Å². The summed E-state index contributed by atoms with van der Waals surface area (Å²) in [6, 6.07) is 7.79. The maximum Gasteiger partial charge on any atom is 0.254 e. The predicted molar refractivity (Wildman–Crippen MR) is 95.1 cm³/mol. The summed E-state index contributed by atoms with van der Waals surface area (Å²) in [5, 5.41) is 4.08. The van der Waals surface area contributed by atoms with Crippen molar-refractivity contribution in [2.24, 2.45) is 0 Å². The number of carbonyl (C=O) groups is 1. The number of benzene rings is 1. The van der Waals surface area contributed by atoms with Crippen LogP contribution < -0.4 is 0 Å². The topological polar surface area (TPSA) is 62.5 Å². The van der Waals surface area contributed by atoms with Gasteiger partial charge in [-0.3, -0.25) is 4.79 Å². The molecule has 25 heavy (non-hydrogen) atoms. The molecule has 1 fully saturated rings. The number of hydrogen-bond acceptors (Lipinski definition) is 5. The molecule has 0 bridgehead atoms. The van der Waals surface area contributed by atoms with E-state index in [2.05, 4.69) is 21.1 Å². The molecule has 0 unspecified atom stereocenters. The molecular weight excluding hydrogens is 316 g/mol. The van der Waals surface area contributed by atoms with Crippen LogP contribution in [0.2, 0.25) is 0 Å². The molecule has 0 N–H and O–H groups in total. The molecule has 1 atom stereocenters. The van der Waals surface area contributed by atoms with Gasteiger partial charge in [-0.1, -0.05) is 30.1 Å². The molecule has 1 aromatic carbocycles. The van der Waals surface area contributed by atoms with E-state index in [1.165, 1.54) is 0 Å². The molecule has 0 saturated carbocycles. The summed E-state index contributed by atoms with van der Waals surface area (Å²) in [7, 11) is 4.05. The lowest BCUT2D eigenvalue weighted by Gasteiger charge is -2.28. The first-order valence-electron chi connectivity index (χ1n) is 8.89. The molecule has 0 spiro atoms. The highest BCUT2D eigenvalue weighted by atomic mass is 16.5. The molecular formula is C19H26N4O2. The largest absolute Gasteiger partial charge is 0.340 e. The van der Waals surface area contributed by atoms with Crippen molar-refractivity contribution in [1.29, 1.82) is 0 Å². The van der Waals surface area contributed by atoms with E-state index in [4.69, 9.17) is 4.52 Å². The van der Waals surface area contributed by atoms with Crippen molar-refractivity contribution in [1.82, 2.24) is 19.9 Å². The van der Waals surface area contributed by atoms with Crippen LogP contribution in [0.3, 0.4) is 0 Å². The van der Waals surface area contributed by atoms with Crippen LogP contribution in [0.4, 0.5) is 0 Å². The van der Waals surface area contributed by atoms with E-state index in [1.807, 2.05) is 37.2 Å². The Morgan fingerprint density at radius 2 is 2.16 bits per heavy atom. The van der Waals surface area contributed by atoms with Gasteiger partial charge in [0.05, 0.1) is 6.04 Å². The molecule has 6 nitrogen and oxygen atoms in total. The molecule has 1 aromatic heterocycles. The van der Waals surface area contributed by atoms with E-state index in [1.54, 1.807) is 6.92 Å². The fourth-order valence-corrected chi connectivity index (χ4v) is 3.40. The minimum atomic E-state index is -0.107. The maximum absolute atomic E-state index is 13.2. The van der Waals surface area contributed by atoms with Crippen LogP contribution in [0, 0.1) is 6.92 Å². The number of rotatable bonds is 4. The summed E-state index contributed by atoms with van der Waals surface area (Å²) in [5.74, 6) is 1.21. The molecule has 1 amide bonds. The van der Waals surface area contributed by atoms with Crippen molar-refractivity contribution in [3.63, 3.8) is 0 Å². The number of carbonyl (C=O) groups excluding carboxylic acids is 1. The summed E-state index contributed by atoms with van der Waals surface area (Å²) < 4.78 is 5.15. The van der Waals surface area contributed by atoms with Crippen LogP contribution in [-0.4, -0.2) is 46.5 Å². The maximum atomic E-state index is 13.2. The highest BCUT2D eigenvalue weighted by Crippen LogP contribution is 2.30. The number of aryl methyl sites for hydroxylation is 1. The van der Waals surface area contributed by atoms with Crippen molar-refractivity contribution in [2.75, 3.05) is 20.6 Å². The van der Waals surface area contributed by atoms with Gasteiger partial charge in [-0.15, -0.1) is 0 Å². The fraction of sp³-hybridized carbons (Fsp3) is 0.526. The van der Waals surface area contributed by atoms with Gasteiger partial charge in [-0.2, -0.15) is 4.98 Å². The average molecular weight is 342 g/mol. The molecule has 1 saturated heterocycles. The zero-order valence-corrected chi connectivity index (χ0v) is 15.2. The van der Waals surface area contributed by atoms with E-state index in [0.717, 1.165) is 49.9 Å². The van der Waals surface area contributed by atoms with Gasteiger partial charge in [-0.05, 0) is 44.6 Å². The Morgan fingerprint density at radius 1 is 1.32 bits per heavy atom. The Morgan fingerprint density at radius 3 is 2.88 bits per heavy atom. The molecule has 1 aliphatic heterocycles. The first kappa shape index (κ1) is 17.6. The van der Waals surface area contributed by atoms with E-state index in [0.29, 0.717) is 11.7 Å². The molecule has 0 aliphatic carbocycles. The summed E-state index contributed by atoms with van der Waals surface area (Å²) in [5.41, 5.74) is 1.86. The molecule has 6 heteroatoms. The highest BCUT2D eigenvalue weighted by Gasteiger charge is 2.30. The summed E-state index contributed by atoms with van der Waals surface area (Å²) in [6.07, 6.45) is 4.08. The number of likely N-dealkylation sites (tertiary alicyclic amines) is 1. The van der Waals surface area contributed by atoms with Crippen molar-refractivity contribution in [3.05, 3.63) is 47.1 Å². The standard InChI is InChI=1S/C19H26N4O2/c1-14-20-18(21-25-14)17-10-5-4-6-11-23(17)19(24)16-9-7-8-15(12-16)13-22(2)3/h7-9,12,17H,4-6,10-11,13H2,1-3H3/t17-/m1/s1. The molecule has 2 aromatic rings. The monoisotopic (exact) mass is 342 g/mol. The minimum absolute atomic E-state index is 0.0509. The van der Waals surface area contributed by atoms with Gasteiger partial charge in [0.2, 0.25) is 5.89 Å². The zero-order chi connectivity index (χ0) is 17.8. The van der Waals surface area contributed by atoms with Crippen LogP contribution in [0.5, 0.6) is 0 Å². The quantitative estimate of drug-likeness (QED) is 0.854. The van der Waals surface area contributed by atoms with Crippen LogP contribution >= 0.6 is 0 Å². The van der Waals surface area contributed by atoms with Gasteiger partial charge < -0.3 is 14.3 Å². The number of aromatic nitrogens is 2. The molecule has 0 radical (unpaired) electrons. The lowest BCUT2D eigenvalue weighted by atomic mass is 10.1. The van der Waals surface area contributed by atoms with Crippen molar-refractivity contribution >= 4 is 5.91 Å². The second-order valence-corrected chi connectivity index (χ2v) is 6.97. The van der Waals surface area contributed by atoms with E-state index in [9.17, 15) is 4.79 Å². The van der Waals surface area contributed by atoms with Gasteiger partial charge in [0, 0.05) is 25.6 Å². The average Bonchev–Trinajstić information content (AvgIpc) is 2.86. The van der Waals surface area contributed by atoms with Crippen molar-refractivity contribution < 1.29 is 9.32 Å². The molecule has 2 heterocycles. The Balaban J connectivity index is 1.87. The van der Waals surface area contributed by atoms with Crippen LogP contribution in [0.1, 0.15) is 59.4 Å². The lowest BCUT2D eigenvalue weighted by molar-refractivity contribution is 0.0670. The molecule has 134 valence electrons. The SMILES string of the molecule is Cc1nc([C@H]2CCCCCN2C(=O)c2cccc(CN(C)C)c2)no1. The number of hydrogen-bond donors (Lipinski definition) is 0. The Hall–Kier alpha value is -2.21. The minimum Gasteiger partial charge on any atom is -0.340 e. The summed E-state index contributed by atoms with van der Waals surface area (Å²) in [4.78, 5) is 21.6. The first-order valence-corrected chi connectivity index (χ1v) is 8.89. The molecule has 3 rings (SSSR count).